The smallest absolute Gasteiger partial charge is 0.315 e. The molecule has 1 aliphatic heterocycles. The number of carbonyl (C=O) groups is 1. The first-order valence-corrected chi connectivity index (χ1v) is 12.8. The molecule has 0 radical (unpaired) electrons. The normalized spacial score (nSPS) is 14.9. The van der Waals surface area contributed by atoms with Gasteiger partial charge in [-0.15, -0.1) is 0 Å². The Morgan fingerprint density at radius 3 is 1.88 bits per heavy atom. The largest absolute Gasteiger partial charge is 0.379 e. The Labute approximate surface area is 197 Å². The van der Waals surface area contributed by atoms with Gasteiger partial charge >= 0.3 is 6.03 Å². The molecule has 1 aliphatic rings. The lowest BCUT2D eigenvalue weighted by Crippen LogP contribution is -2.35. The zero-order valence-corrected chi connectivity index (χ0v) is 20.2. The highest BCUT2D eigenvalue weighted by molar-refractivity contribution is 7.89. The van der Waals surface area contributed by atoms with Gasteiger partial charge in [-0.05, 0) is 28.8 Å². The van der Waals surface area contributed by atoms with Gasteiger partial charge in [0.15, 0.2) is 0 Å². The van der Waals surface area contributed by atoms with Crippen molar-refractivity contribution in [1.29, 1.82) is 0 Å². The molecule has 1 saturated heterocycles. The van der Waals surface area contributed by atoms with Crippen molar-refractivity contribution in [3.8, 4) is 0 Å². The number of amides is 2. The van der Waals surface area contributed by atoms with Gasteiger partial charge in [0.1, 0.15) is 0 Å². The van der Waals surface area contributed by atoms with E-state index in [4.69, 9.17) is 4.74 Å². The zero-order chi connectivity index (χ0) is 23.7. The number of benzene rings is 2. The molecule has 3 rings (SSSR count). The van der Waals surface area contributed by atoms with Crippen molar-refractivity contribution < 1.29 is 17.9 Å². The summed E-state index contributed by atoms with van der Waals surface area (Å²) in [6.45, 7) is 9.64. The van der Waals surface area contributed by atoms with E-state index >= 15 is 0 Å². The fourth-order valence-corrected chi connectivity index (χ4v) is 5.16. The molecule has 8 nitrogen and oxygen atoms in total. The van der Waals surface area contributed by atoms with E-state index in [9.17, 15) is 13.2 Å². The second kappa shape index (κ2) is 12.1. The highest BCUT2D eigenvalue weighted by Crippen LogP contribution is 2.16. The summed E-state index contributed by atoms with van der Waals surface area (Å²) >= 11 is 0. The lowest BCUT2D eigenvalue weighted by Gasteiger charge is -2.26. The van der Waals surface area contributed by atoms with Crippen molar-refractivity contribution in [1.82, 2.24) is 19.8 Å². The molecule has 2 aromatic rings. The Bertz CT molecular complexity index is 984. The Hall–Kier alpha value is -2.46. The number of ether oxygens (including phenoxy) is 1. The molecule has 2 amide bonds. The van der Waals surface area contributed by atoms with Crippen molar-refractivity contribution in [2.24, 2.45) is 0 Å². The minimum atomic E-state index is -3.47. The first-order valence-electron chi connectivity index (χ1n) is 11.4. The van der Waals surface area contributed by atoms with Crippen LogP contribution in [0.4, 0.5) is 4.79 Å². The number of hydrogen-bond acceptors (Lipinski definition) is 5. The summed E-state index contributed by atoms with van der Waals surface area (Å²) in [6.07, 6.45) is 0. The van der Waals surface area contributed by atoms with E-state index in [0.29, 0.717) is 26.2 Å². The van der Waals surface area contributed by atoms with Crippen LogP contribution in [0.15, 0.2) is 53.4 Å². The number of hydrogen-bond donors (Lipinski definition) is 2. The predicted octanol–water partition coefficient (Wildman–Crippen LogP) is 2.55. The molecule has 0 atom stereocenters. The molecule has 0 unspecified atom stereocenters. The maximum atomic E-state index is 12.6. The number of carbonyl (C=O) groups excluding carboxylic acids is 1. The van der Waals surface area contributed by atoms with E-state index in [1.807, 2.05) is 26.0 Å². The minimum absolute atomic E-state index is 0.261. The predicted molar refractivity (Wildman–Crippen MR) is 128 cm³/mol. The highest BCUT2D eigenvalue weighted by Gasteiger charge is 2.21. The molecule has 0 spiro atoms. The second-order valence-electron chi connectivity index (χ2n) is 7.97. The van der Waals surface area contributed by atoms with Crippen molar-refractivity contribution >= 4 is 16.1 Å². The van der Waals surface area contributed by atoms with Gasteiger partial charge < -0.3 is 15.4 Å². The fraction of sp³-hybridized carbons (Fsp3) is 0.458. The number of urea groups is 1. The number of sulfonamides is 1. The third-order valence-electron chi connectivity index (χ3n) is 5.71. The van der Waals surface area contributed by atoms with Gasteiger partial charge in [0.25, 0.3) is 0 Å². The molecular formula is C24H34N4O4S. The number of rotatable bonds is 10. The van der Waals surface area contributed by atoms with Crippen molar-refractivity contribution in [3.05, 3.63) is 65.2 Å². The minimum Gasteiger partial charge on any atom is -0.379 e. The van der Waals surface area contributed by atoms with Gasteiger partial charge in [-0.25, -0.2) is 13.2 Å². The van der Waals surface area contributed by atoms with Crippen LogP contribution in [-0.4, -0.2) is 63.0 Å². The molecule has 2 aromatic carbocycles. The van der Waals surface area contributed by atoms with Crippen LogP contribution in [-0.2, 0) is 34.4 Å². The molecule has 1 heterocycles. The third-order valence-corrected chi connectivity index (χ3v) is 7.77. The van der Waals surface area contributed by atoms with Gasteiger partial charge in [-0.1, -0.05) is 50.2 Å². The molecule has 180 valence electrons. The van der Waals surface area contributed by atoms with Crippen LogP contribution in [0.2, 0.25) is 0 Å². The average Bonchev–Trinajstić information content (AvgIpc) is 2.84. The topological polar surface area (TPSA) is 91.0 Å². The number of nitrogens with zero attached hydrogens (tertiary/aromatic N) is 2. The SMILES string of the molecule is CCN(CC)S(=O)(=O)c1ccc(CNC(=O)NCc2ccc(CN3CCOCC3)cc2)cc1. The van der Waals surface area contributed by atoms with E-state index in [1.165, 1.54) is 9.87 Å². The lowest BCUT2D eigenvalue weighted by molar-refractivity contribution is 0.0342. The molecular weight excluding hydrogens is 440 g/mol. The number of nitrogens with one attached hydrogen (secondary N) is 2. The van der Waals surface area contributed by atoms with Crippen molar-refractivity contribution in [2.45, 2.75) is 38.4 Å². The Morgan fingerprint density at radius 1 is 0.879 bits per heavy atom. The van der Waals surface area contributed by atoms with Crippen LogP contribution in [0, 0.1) is 0 Å². The van der Waals surface area contributed by atoms with Crippen LogP contribution >= 0.6 is 0 Å². The molecule has 0 aliphatic carbocycles. The molecule has 33 heavy (non-hydrogen) atoms. The number of morpholine rings is 1. The maximum absolute atomic E-state index is 12.6. The van der Waals surface area contributed by atoms with Crippen LogP contribution in [0.3, 0.4) is 0 Å². The van der Waals surface area contributed by atoms with E-state index in [2.05, 4.69) is 27.7 Å². The average molecular weight is 475 g/mol. The van der Waals surface area contributed by atoms with Gasteiger partial charge in [0, 0.05) is 45.8 Å². The highest BCUT2D eigenvalue weighted by atomic mass is 32.2. The summed E-state index contributed by atoms with van der Waals surface area (Å²) in [5.41, 5.74) is 3.11. The van der Waals surface area contributed by atoms with E-state index in [1.54, 1.807) is 24.3 Å². The van der Waals surface area contributed by atoms with Gasteiger partial charge in [-0.2, -0.15) is 4.31 Å². The van der Waals surface area contributed by atoms with Crippen molar-refractivity contribution in [3.63, 3.8) is 0 Å². The first-order chi connectivity index (χ1) is 15.9. The van der Waals surface area contributed by atoms with Crippen molar-refractivity contribution in [2.75, 3.05) is 39.4 Å². The van der Waals surface area contributed by atoms with Crippen LogP contribution in [0.25, 0.3) is 0 Å². The quantitative estimate of drug-likeness (QED) is 0.552. The molecule has 0 saturated carbocycles. The van der Waals surface area contributed by atoms with Gasteiger partial charge in [0.2, 0.25) is 10.0 Å². The molecule has 0 bridgehead atoms. The fourth-order valence-electron chi connectivity index (χ4n) is 3.70. The zero-order valence-electron chi connectivity index (χ0n) is 19.4. The van der Waals surface area contributed by atoms with Crippen LogP contribution in [0.1, 0.15) is 30.5 Å². The molecule has 0 aromatic heterocycles. The Balaban J connectivity index is 1.43. The summed E-state index contributed by atoms with van der Waals surface area (Å²) in [7, 11) is -3.47. The van der Waals surface area contributed by atoms with E-state index in [-0.39, 0.29) is 10.9 Å². The van der Waals surface area contributed by atoms with E-state index < -0.39 is 10.0 Å². The summed E-state index contributed by atoms with van der Waals surface area (Å²) < 4.78 is 31.9. The summed E-state index contributed by atoms with van der Waals surface area (Å²) in [6, 6.07) is 14.6. The monoisotopic (exact) mass is 474 g/mol. The Kier molecular flexibility index (Phi) is 9.25. The van der Waals surface area contributed by atoms with Gasteiger partial charge in [-0.3, -0.25) is 4.90 Å². The maximum Gasteiger partial charge on any atom is 0.315 e. The van der Waals surface area contributed by atoms with Gasteiger partial charge in [0.05, 0.1) is 18.1 Å². The summed E-state index contributed by atoms with van der Waals surface area (Å²) in [5.74, 6) is 0. The van der Waals surface area contributed by atoms with E-state index in [0.717, 1.165) is 44.0 Å². The summed E-state index contributed by atoms with van der Waals surface area (Å²) in [4.78, 5) is 14.8. The Morgan fingerprint density at radius 2 is 1.36 bits per heavy atom. The lowest BCUT2D eigenvalue weighted by atomic mass is 10.1. The van der Waals surface area contributed by atoms with Crippen LogP contribution < -0.4 is 10.6 Å². The molecule has 1 fully saturated rings. The first kappa shape index (κ1) is 25.2. The molecule has 9 heteroatoms. The molecule has 2 N–H and O–H groups in total. The standard InChI is InChI=1S/C24H34N4O4S/c1-3-28(4-2)33(30,31)23-11-9-21(10-12-23)18-26-24(29)25-17-20-5-7-22(8-6-20)19-27-13-15-32-16-14-27/h5-12H,3-4,13-19H2,1-2H3,(H2,25,26,29). The summed E-state index contributed by atoms with van der Waals surface area (Å²) in [5, 5.41) is 5.67. The third kappa shape index (κ3) is 7.26. The second-order valence-corrected chi connectivity index (χ2v) is 9.91. The van der Waals surface area contributed by atoms with Crippen LogP contribution in [0.5, 0.6) is 0 Å².